The van der Waals surface area contributed by atoms with Crippen molar-refractivity contribution < 1.29 is 4.39 Å². The Kier molecular flexibility index (Phi) is 3.23. The average Bonchev–Trinajstić information content (AvgIpc) is 2.58. The molecule has 0 aliphatic carbocycles. The van der Waals surface area contributed by atoms with E-state index in [1.54, 1.807) is 12.1 Å². The molecule has 5 heteroatoms. The third kappa shape index (κ3) is 2.16. The van der Waals surface area contributed by atoms with E-state index < -0.39 is 11.4 Å². The van der Waals surface area contributed by atoms with E-state index >= 15 is 0 Å². The van der Waals surface area contributed by atoms with Gasteiger partial charge in [-0.05, 0) is 24.5 Å². The number of hydrogen-bond acceptors (Lipinski definition) is 2. The van der Waals surface area contributed by atoms with Gasteiger partial charge in [0, 0.05) is 0 Å². The van der Waals surface area contributed by atoms with Gasteiger partial charge in [-0.1, -0.05) is 26.0 Å². The summed E-state index contributed by atoms with van der Waals surface area (Å²) >= 11 is 0. The van der Waals surface area contributed by atoms with E-state index in [1.807, 2.05) is 13.8 Å². The predicted octanol–water partition coefficient (Wildman–Crippen LogP) is 2.09. The van der Waals surface area contributed by atoms with Gasteiger partial charge in [0.05, 0.1) is 5.69 Å². The van der Waals surface area contributed by atoms with Gasteiger partial charge in [-0.2, -0.15) is 0 Å². The summed E-state index contributed by atoms with van der Waals surface area (Å²) in [5.74, 6) is -0.101. The first-order chi connectivity index (χ1) is 8.50. The maximum Gasteiger partial charge on any atom is 0.294 e. The van der Waals surface area contributed by atoms with Crippen molar-refractivity contribution in [2.24, 2.45) is 5.92 Å². The lowest BCUT2D eigenvalue weighted by atomic mass is 10.1. The number of para-hydroxylation sites is 1. The van der Waals surface area contributed by atoms with Crippen LogP contribution in [0.4, 0.5) is 10.1 Å². The monoisotopic (exact) mass is 249 g/mol. The molecule has 0 spiro atoms. The summed E-state index contributed by atoms with van der Waals surface area (Å²) in [6.07, 6.45) is 0.655. The van der Waals surface area contributed by atoms with E-state index in [0.29, 0.717) is 18.0 Å². The number of aromatic nitrogens is 2. The zero-order chi connectivity index (χ0) is 13.3. The first-order valence-corrected chi connectivity index (χ1v) is 5.85. The predicted molar refractivity (Wildman–Crippen MR) is 69.3 cm³/mol. The van der Waals surface area contributed by atoms with Crippen LogP contribution >= 0.6 is 0 Å². The zero-order valence-corrected chi connectivity index (χ0v) is 10.4. The van der Waals surface area contributed by atoms with Gasteiger partial charge in [0.1, 0.15) is 17.2 Å². The number of aromatic amines is 1. The SMILES string of the molecule is CC(C)Cc1[nH]n(-c2ccccc2F)c(=O)c1N. The lowest BCUT2D eigenvalue weighted by Crippen LogP contribution is -2.17. The molecule has 1 heterocycles. The minimum absolute atomic E-state index is 0.159. The Labute approximate surface area is 104 Å². The summed E-state index contributed by atoms with van der Waals surface area (Å²) in [5, 5.41) is 2.88. The highest BCUT2D eigenvalue weighted by molar-refractivity contribution is 5.45. The average molecular weight is 249 g/mol. The molecular formula is C13H16FN3O. The number of benzene rings is 1. The Balaban J connectivity index is 2.54. The molecule has 2 aromatic rings. The summed E-state index contributed by atoms with van der Waals surface area (Å²) in [6.45, 7) is 4.05. The van der Waals surface area contributed by atoms with Gasteiger partial charge in [0.15, 0.2) is 0 Å². The van der Waals surface area contributed by atoms with Gasteiger partial charge in [-0.15, -0.1) is 0 Å². The van der Waals surface area contributed by atoms with Crippen molar-refractivity contribution in [3.05, 3.63) is 46.1 Å². The van der Waals surface area contributed by atoms with Crippen LogP contribution in [0.15, 0.2) is 29.1 Å². The molecule has 18 heavy (non-hydrogen) atoms. The number of hydrogen-bond donors (Lipinski definition) is 2. The van der Waals surface area contributed by atoms with Gasteiger partial charge in [0.25, 0.3) is 5.56 Å². The molecule has 1 aromatic carbocycles. The minimum Gasteiger partial charge on any atom is -0.393 e. The summed E-state index contributed by atoms with van der Waals surface area (Å²) < 4.78 is 14.8. The fourth-order valence-electron chi connectivity index (χ4n) is 1.86. The molecule has 0 saturated carbocycles. The van der Waals surface area contributed by atoms with Crippen LogP contribution in [0.25, 0.3) is 5.69 Å². The van der Waals surface area contributed by atoms with E-state index in [0.717, 1.165) is 4.68 Å². The molecule has 96 valence electrons. The fourth-order valence-corrected chi connectivity index (χ4v) is 1.86. The highest BCUT2D eigenvalue weighted by Gasteiger charge is 2.15. The van der Waals surface area contributed by atoms with Crippen LogP contribution in [-0.2, 0) is 6.42 Å². The molecule has 0 fully saturated rings. The van der Waals surface area contributed by atoms with Crippen LogP contribution in [0.1, 0.15) is 19.5 Å². The fraction of sp³-hybridized carbons (Fsp3) is 0.308. The second-order valence-electron chi connectivity index (χ2n) is 4.69. The standard InChI is InChI=1S/C13H16FN3O/c1-8(2)7-10-12(15)13(18)17(16-10)11-6-4-3-5-9(11)14/h3-6,8,16H,7,15H2,1-2H3. The van der Waals surface area contributed by atoms with Crippen LogP contribution in [-0.4, -0.2) is 9.78 Å². The minimum atomic E-state index is -0.461. The molecule has 0 saturated heterocycles. The van der Waals surface area contributed by atoms with Crippen LogP contribution in [0.3, 0.4) is 0 Å². The van der Waals surface area contributed by atoms with Crippen LogP contribution in [0, 0.1) is 11.7 Å². The van der Waals surface area contributed by atoms with Crippen molar-refractivity contribution >= 4 is 5.69 Å². The van der Waals surface area contributed by atoms with Gasteiger partial charge in [-0.3, -0.25) is 9.89 Å². The van der Waals surface area contributed by atoms with Crippen LogP contribution in [0.2, 0.25) is 0 Å². The smallest absolute Gasteiger partial charge is 0.294 e. The number of halogens is 1. The summed E-state index contributed by atoms with van der Waals surface area (Å²) in [5.41, 5.74) is 6.34. The van der Waals surface area contributed by atoms with E-state index in [1.165, 1.54) is 12.1 Å². The molecule has 0 radical (unpaired) electrons. The number of nitrogens with two attached hydrogens (primary N) is 1. The Morgan fingerprint density at radius 2 is 2.06 bits per heavy atom. The number of nitrogens with one attached hydrogen (secondary N) is 1. The van der Waals surface area contributed by atoms with Gasteiger partial charge in [0.2, 0.25) is 0 Å². The van der Waals surface area contributed by atoms with E-state index in [4.69, 9.17) is 5.73 Å². The lowest BCUT2D eigenvalue weighted by Gasteiger charge is -2.04. The topological polar surface area (TPSA) is 63.8 Å². The highest BCUT2D eigenvalue weighted by atomic mass is 19.1. The van der Waals surface area contributed by atoms with Crippen molar-refractivity contribution in [1.29, 1.82) is 0 Å². The van der Waals surface area contributed by atoms with Crippen molar-refractivity contribution in [3.63, 3.8) is 0 Å². The van der Waals surface area contributed by atoms with Crippen molar-refractivity contribution in [2.45, 2.75) is 20.3 Å². The number of nitrogen functional groups attached to an aromatic ring is 1. The maximum absolute atomic E-state index is 13.6. The summed E-state index contributed by atoms with van der Waals surface area (Å²) in [7, 11) is 0. The normalized spacial score (nSPS) is 11.1. The third-order valence-electron chi connectivity index (χ3n) is 2.71. The molecule has 0 amide bonds. The largest absolute Gasteiger partial charge is 0.393 e. The molecule has 0 aliphatic rings. The lowest BCUT2D eigenvalue weighted by molar-refractivity contribution is 0.600. The van der Waals surface area contributed by atoms with E-state index in [2.05, 4.69) is 5.10 Å². The Hall–Kier alpha value is -2.04. The number of rotatable bonds is 3. The number of H-pyrrole nitrogens is 1. The Bertz CT molecular complexity index is 613. The molecule has 2 rings (SSSR count). The van der Waals surface area contributed by atoms with Crippen molar-refractivity contribution in [3.8, 4) is 5.69 Å². The molecule has 3 N–H and O–H groups in total. The van der Waals surface area contributed by atoms with Gasteiger partial charge < -0.3 is 5.73 Å². The van der Waals surface area contributed by atoms with Gasteiger partial charge >= 0.3 is 0 Å². The quantitative estimate of drug-likeness (QED) is 0.874. The Morgan fingerprint density at radius 3 is 2.67 bits per heavy atom. The first-order valence-electron chi connectivity index (χ1n) is 5.85. The second kappa shape index (κ2) is 4.68. The van der Waals surface area contributed by atoms with E-state index in [-0.39, 0.29) is 11.4 Å². The molecular weight excluding hydrogens is 233 g/mol. The number of anilines is 1. The zero-order valence-electron chi connectivity index (χ0n) is 10.4. The van der Waals surface area contributed by atoms with E-state index in [9.17, 15) is 9.18 Å². The first kappa shape index (κ1) is 12.4. The van der Waals surface area contributed by atoms with Crippen LogP contribution in [0.5, 0.6) is 0 Å². The van der Waals surface area contributed by atoms with Crippen molar-refractivity contribution in [2.75, 3.05) is 5.73 Å². The molecule has 0 unspecified atom stereocenters. The Morgan fingerprint density at radius 1 is 1.39 bits per heavy atom. The maximum atomic E-state index is 13.6. The third-order valence-corrected chi connectivity index (χ3v) is 2.71. The number of nitrogens with zero attached hydrogens (tertiary/aromatic N) is 1. The second-order valence-corrected chi connectivity index (χ2v) is 4.69. The molecule has 4 nitrogen and oxygen atoms in total. The van der Waals surface area contributed by atoms with Crippen molar-refractivity contribution in [1.82, 2.24) is 9.78 Å². The van der Waals surface area contributed by atoms with Gasteiger partial charge in [-0.25, -0.2) is 9.07 Å². The molecule has 0 atom stereocenters. The molecule has 1 aromatic heterocycles. The summed E-state index contributed by atoms with van der Waals surface area (Å²) in [6, 6.07) is 6.09. The van der Waals surface area contributed by atoms with Crippen LogP contribution < -0.4 is 11.3 Å². The molecule has 0 aliphatic heterocycles. The molecule has 0 bridgehead atoms. The highest BCUT2D eigenvalue weighted by Crippen LogP contribution is 2.15. The summed E-state index contributed by atoms with van der Waals surface area (Å²) in [4.78, 5) is 12.0.